The number of pyridine rings is 1. The number of Topliss-reactive ketones (excluding diaryl/α,β-unsaturated/α-hetero) is 1. The fourth-order valence-electron chi connectivity index (χ4n) is 1.93. The Morgan fingerprint density at radius 3 is 2.89 bits per heavy atom. The summed E-state index contributed by atoms with van der Waals surface area (Å²) in [7, 11) is 1.60. The molecule has 1 aromatic heterocycles. The number of hydrogen-bond acceptors (Lipinski definition) is 3. The van der Waals surface area contributed by atoms with Crippen LogP contribution in [0, 0.1) is 0 Å². The second-order valence-electron chi connectivity index (χ2n) is 4.40. The third-order valence-corrected chi connectivity index (χ3v) is 3.47. The van der Waals surface area contributed by atoms with Gasteiger partial charge in [0.1, 0.15) is 5.75 Å². The average Bonchev–Trinajstić information content (AvgIpc) is 2.45. The molecule has 19 heavy (non-hydrogen) atoms. The fourth-order valence-corrected chi connectivity index (χ4v) is 2.24. The topological polar surface area (TPSA) is 39.2 Å². The molecule has 0 aliphatic rings. The number of benzene rings is 1. The summed E-state index contributed by atoms with van der Waals surface area (Å²) < 4.78 is 5.17. The largest absolute Gasteiger partial charge is 0.497 e. The maximum Gasteiger partial charge on any atom is 0.165 e. The molecule has 4 heteroatoms. The summed E-state index contributed by atoms with van der Waals surface area (Å²) >= 11 is 6.33. The van der Waals surface area contributed by atoms with Crippen molar-refractivity contribution in [3.8, 4) is 5.75 Å². The van der Waals surface area contributed by atoms with E-state index in [0.717, 1.165) is 23.7 Å². The SMILES string of the molecule is CCCCC(=O)c1cnc2ccc(OC)cc2c1Cl. The van der Waals surface area contributed by atoms with Crippen LogP contribution in [0.3, 0.4) is 0 Å². The Bertz CT molecular complexity index is 610. The number of fused-ring (bicyclic) bond motifs is 1. The normalized spacial score (nSPS) is 10.7. The van der Waals surface area contributed by atoms with Gasteiger partial charge in [-0.3, -0.25) is 9.78 Å². The first kappa shape index (κ1) is 13.8. The van der Waals surface area contributed by atoms with Crippen LogP contribution in [0.25, 0.3) is 10.9 Å². The number of carbonyl (C=O) groups excluding carboxylic acids is 1. The van der Waals surface area contributed by atoms with Gasteiger partial charge in [0.25, 0.3) is 0 Å². The zero-order valence-corrected chi connectivity index (χ0v) is 11.8. The van der Waals surface area contributed by atoms with Crippen molar-refractivity contribution in [3.05, 3.63) is 35.0 Å². The number of ether oxygens (including phenoxy) is 1. The van der Waals surface area contributed by atoms with Gasteiger partial charge in [-0.2, -0.15) is 0 Å². The first-order chi connectivity index (χ1) is 9.17. The Morgan fingerprint density at radius 1 is 1.42 bits per heavy atom. The van der Waals surface area contributed by atoms with E-state index in [9.17, 15) is 4.79 Å². The average molecular weight is 278 g/mol. The predicted molar refractivity (Wildman–Crippen MR) is 77.2 cm³/mol. The van der Waals surface area contributed by atoms with Crippen molar-refractivity contribution >= 4 is 28.3 Å². The fraction of sp³-hybridized carbons (Fsp3) is 0.333. The minimum absolute atomic E-state index is 0.0454. The van der Waals surface area contributed by atoms with Crippen LogP contribution in [0.5, 0.6) is 5.75 Å². The second-order valence-corrected chi connectivity index (χ2v) is 4.77. The Hall–Kier alpha value is -1.61. The first-order valence-corrected chi connectivity index (χ1v) is 6.70. The molecule has 0 fully saturated rings. The highest BCUT2D eigenvalue weighted by molar-refractivity contribution is 6.38. The summed E-state index contributed by atoms with van der Waals surface area (Å²) in [6.45, 7) is 2.05. The van der Waals surface area contributed by atoms with Gasteiger partial charge in [-0.15, -0.1) is 0 Å². The van der Waals surface area contributed by atoms with E-state index in [1.807, 2.05) is 12.1 Å². The summed E-state index contributed by atoms with van der Waals surface area (Å²) in [4.78, 5) is 16.4. The standard InChI is InChI=1S/C15H16ClNO2/c1-3-4-5-14(18)12-9-17-13-7-6-10(19-2)8-11(13)15(12)16/h6-9H,3-5H2,1-2H3. The summed E-state index contributed by atoms with van der Waals surface area (Å²) in [6, 6.07) is 5.46. The number of carbonyl (C=O) groups is 1. The van der Waals surface area contributed by atoms with Crippen molar-refractivity contribution in [1.82, 2.24) is 4.98 Å². The van der Waals surface area contributed by atoms with Crippen molar-refractivity contribution in [2.45, 2.75) is 26.2 Å². The number of unbranched alkanes of at least 4 members (excludes halogenated alkanes) is 1. The minimum Gasteiger partial charge on any atom is -0.497 e. The van der Waals surface area contributed by atoms with E-state index >= 15 is 0 Å². The number of aromatic nitrogens is 1. The van der Waals surface area contributed by atoms with Crippen molar-refractivity contribution in [1.29, 1.82) is 0 Å². The molecule has 2 aromatic rings. The van der Waals surface area contributed by atoms with Crippen LogP contribution in [0.2, 0.25) is 5.02 Å². The van der Waals surface area contributed by atoms with Crippen LogP contribution < -0.4 is 4.74 Å². The molecular weight excluding hydrogens is 262 g/mol. The molecule has 0 atom stereocenters. The zero-order valence-electron chi connectivity index (χ0n) is 11.1. The van der Waals surface area contributed by atoms with Gasteiger partial charge in [0.05, 0.1) is 23.2 Å². The first-order valence-electron chi connectivity index (χ1n) is 6.32. The maximum atomic E-state index is 12.1. The highest BCUT2D eigenvalue weighted by atomic mass is 35.5. The molecular formula is C15H16ClNO2. The van der Waals surface area contributed by atoms with Crippen LogP contribution in [0.15, 0.2) is 24.4 Å². The highest BCUT2D eigenvalue weighted by Gasteiger charge is 2.14. The van der Waals surface area contributed by atoms with Gasteiger partial charge in [-0.25, -0.2) is 0 Å². The number of hydrogen-bond donors (Lipinski definition) is 0. The van der Waals surface area contributed by atoms with Crippen molar-refractivity contribution < 1.29 is 9.53 Å². The zero-order chi connectivity index (χ0) is 13.8. The third-order valence-electron chi connectivity index (χ3n) is 3.07. The van der Waals surface area contributed by atoms with E-state index < -0.39 is 0 Å². The van der Waals surface area contributed by atoms with Gasteiger partial charge in [0, 0.05) is 18.0 Å². The lowest BCUT2D eigenvalue weighted by atomic mass is 10.1. The summed E-state index contributed by atoms with van der Waals surface area (Å²) in [5, 5.41) is 1.22. The van der Waals surface area contributed by atoms with Crippen LogP contribution in [-0.2, 0) is 0 Å². The van der Waals surface area contributed by atoms with Crippen molar-refractivity contribution in [3.63, 3.8) is 0 Å². The molecule has 1 heterocycles. The van der Waals surface area contributed by atoms with E-state index in [1.54, 1.807) is 19.4 Å². The quantitative estimate of drug-likeness (QED) is 0.766. The van der Waals surface area contributed by atoms with Crippen LogP contribution in [0.1, 0.15) is 36.5 Å². The number of halogens is 1. The molecule has 0 radical (unpaired) electrons. The molecule has 0 spiro atoms. The second kappa shape index (κ2) is 6.02. The highest BCUT2D eigenvalue weighted by Crippen LogP contribution is 2.29. The molecule has 0 saturated carbocycles. The molecule has 100 valence electrons. The lowest BCUT2D eigenvalue weighted by Gasteiger charge is -2.07. The molecule has 0 bridgehead atoms. The molecule has 0 aliphatic heterocycles. The van der Waals surface area contributed by atoms with Crippen LogP contribution in [0.4, 0.5) is 0 Å². The van der Waals surface area contributed by atoms with E-state index in [0.29, 0.717) is 22.8 Å². The molecule has 0 unspecified atom stereocenters. The van der Waals surface area contributed by atoms with E-state index in [2.05, 4.69) is 11.9 Å². The molecule has 0 saturated heterocycles. The Morgan fingerprint density at radius 2 is 2.21 bits per heavy atom. The molecule has 0 aliphatic carbocycles. The van der Waals surface area contributed by atoms with Gasteiger partial charge in [0.2, 0.25) is 0 Å². The lowest BCUT2D eigenvalue weighted by Crippen LogP contribution is -2.01. The van der Waals surface area contributed by atoms with Gasteiger partial charge in [-0.05, 0) is 24.6 Å². The van der Waals surface area contributed by atoms with Crippen molar-refractivity contribution in [2.75, 3.05) is 7.11 Å². The number of ketones is 1. The molecule has 2 rings (SSSR count). The molecule has 3 nitrogen and oxygen atoms in total. The van der Waals surface area contributed by atoms with Gasteiger partial charge in [0.15, 0.2) is 5.78 Å². The summed E-state index contributed by atoms with van der Waals surface area (Å²) in [5.41, 5.74) is 1.26. The smallest absolute Gasteiger partial charge is 0.165 e. The number of rotatable bonds is 5. The summed E-state index contributed by atoms with van der Waals surface area (Å²) in [5.74, 6) is 0.749. The van der Waals surface area contributed by atoms with Gasteiger partial charge >= 0.3 is 0 Å². The predicted octanol–water partition coefficient (Wildman–Crippen LogP) is 4.27. The molecule has 0 amide bonds. The minimum atomic E-state index is 0.0454. The Balaban J connectivity index is 2.46. The Kier molecular flexibility index (Phi) is 4.38. The van der Waals surface area contributed by atoms with Gasteiger partial charge in [-0.1, -0.05) is 24.9 Å². The summed E-state index contributed by atoms with van der Waals surface area (Å²) in [6.07, 6.45) is 3.92. The number of methoxy groups -OCH3 is 1. The lowest BCUT2D eigenvalue weighted by molar-refractivity contribution is 0.0979. The van der Waals surface area contributed by atoms with E-state index in [1.165, 1.54) is 0 Å². The monoisotopic (exact) mass is 277 g/mol. The molecule has 1 aromatic carbocycles. The van der Waals surface area contributed by atoms with Crippen molar-refractivity contribution in [2.24, 2.45) is 0 Å². The van der Waals surface area contributed by atoms with Crippen LogP contribution in [-0.4, -0.2) is 17.9 Å². The maximum absolute atomic E-state index is 12.1. The van der Waals surface area contributed by atoms with E-state index in [-0.39, 0.29) is 5.78 Å². The van der Waals surface area contributed by atoms with Crippen LogP contribution >= 0.6 is 11.6 Å². The van der Waals surface area contributed by atoms with E-state index in [4.69, 9.17) is 16.3 Å². The molecule has 0 N–H and O–H groups in total. The van der Waals surface area contributed by atoms with Gasteiger partial charge < -0.3 is 4.74 Å². The number of nitrogens with zero attached hydrogens (tertiary/aromatic N) is 1. The third kappa shape index (κ3) is 2.87. The Labute approximate surface area is 117 Å².